The summed E-state index contributed by atoms with van der Waals surface area (Å²) in [4.78, 5) is 31.3. The van der Waals surface area contributed by atoms with Gasteiger partial charge >= 0.3 is 6.09 Å². The number of ether oxygens (including phenoxy) is 1. The Kier molecular flexibility index (Phi) is 6.11. The van der Waals surface area contributed by atoms with Gasteiger partial charge < -0.3 is 24.5 Å². The molecule has 1 saturated heterocycles. The number of nitrogens with one attached hydrogen (secondary N) is 2. The number of aryl methyl sites for hydroxylation is 2. The number of carbonyl (C=O) groups is 1. The fraction of sp³-hybridized carbons (Fsp3) is 0.423. The molecule has 0 unspecified atom stereocenters. The van der Waals surface area contributed by atoms with Gasteiger partial charge in [0.25, 0.3) is 5.89 Å². The predicted octanol–water partition coefficient (Wildman–Crippen LogP) is 5.10. The molecular formula is C26H31N7O3. The van der Waals surface area contributed by atoms with Crippen molar-refractivity contribution in [2.75, 3.05) is 18.4 Å². The minimum Gasteiger partial charge on any atom is -0.444 e. The summed E-state index contributed by atoms with van der Waals surface area (Å²) < 4.78 is 10.9. The molecule has 0 radical (unpaired) electrons. The summed E-state index contributed by atoms with van der Waals surface area (Å²) in [5, 5.41) is 8.34. The summed E-state index contributed by atoms with van der Waals surface area (Å²) in [5.41, 5.74) is 4.09. The van der Waals surface area contributed by atoms with Crippen LogP contribution in [0.1, 0.15) is 45.0 Å². The van der Waals surface area contributed by atoms with E-state index in [1.165, 1.54) is 0 Å². The number of piperidine rings is 1. The van der Waals surface area contributed by atoms with Crippen LogP contribution in [0.15, 0.2) is 35.1 Å². The van der Waals surface area contributed by atoms with Gasteiger partial charge in [0.05, 0.1) is 5.69 Å². The third-order valence-corrected chi connectivity index (χ3v) is 6.09. The van der Waals surface area contributed by atoms with Crippen LogP contribution in [0.5, 0.6) is 0 Å². The summed E-state index contributed by atoms with van der Waals surface area (Å²) in [6, 6.07) is 6.04. The molecule has 0 bridgehead atoms. The van der Waals surface area contributed by atoms with Crippen molar-refractivity contribution in [1.82, 2.24) is 30.0 Å². The van der Waals surface area contributed by atoms with Crippen molar-refractivity contribution in [3.63, 3.8) is 0 Å². The van der Waals surface area contributed by atoms with Gasteiger partial charge in [-0.15, -0.1) is 0 Å². The molecule has 1 fully saturated rings. The standard InChI is InChI=1S/C26H31N7O3/c1-15-12-28-24(30-18-7-6-10-33(14-18)25(34)35-26(3,4)5)31-22(15)20-13-27-21-11-17(8-9-19(20)21)23-29-16(2)32-36-23/h8-9,11-13,18,27H,6-7,10,14H2,1-5H3,(H,28,30,31)/t18-/m0/s1. The normalized spacial score (nSPS) is 16.4. The Hall–Kier alpha value is -3.95. The van der Waals surface area contributed by atoms with Crippen molar-refractivity contribution < 1.29 is 14.1 Å². The van der Waals surface area contributed by atoms with Crippen LogP contribution in [0.4, 0.5) is 10.7 Å². The van der Waals surface area contributed by atoms with Gasteiger partial charge in [0.2, 0.25) is 5.95 Å². The summed E-state index contributed by atoms with van der Waals surface area (Å²) >= 11 is 0. The summed E-state index contributed by atoms with van der Waals surface area (Å²) in [6.45, 7) is 10.7. The molecule has 1 atom stereocenters. The van der Waals surface area contributed by atoms with Crippen LogP contribution in [-0.4, -0.2) is 60.8 Å². The Morgan fingerprint density at radius 2 is 2.08 bits per heavy atom. The van der Waals surface area contributed by atoms with Gasteiger partial charge in [-0.3, -0.25) is 0 Å². The lowest BCUT2D eigenvalue weighted by Gasteiger charge is -2.34. The Morgan fingerprint density at radius 3 is 2.83 bits per heavy atom. The van der Waals surface area contributed by atoms with Crippen molar-refractivity contribution in [1.29, 1.82) is 0 Å². The Morgan fingerprint density at radius 1 is 1.25 bits per heavy atom. The molecule has 1 aliphatic rings. The average Bonchev–Trinajstić information content (AvgIpc) is 3.45. The molecule has 4 aromatic rings. The molecule has 0 saturated carbocycles. The van der Waals surface area contributed by atoms with Gasteiger partial charge in [-0.1, -0.05) is 11.2 Å². The molecule has 5 rings (SSSR count). The number of likely N-dealkylation sites (tertiary alicyclic amines) is 1. The van der Waals surface area contributed by atoms with Crippen LogP contribution in [-0.2, 0) is 4.74 Å². The molecule has 1 amide bonds. The first-order chi connectivity index (χ1) is 17.2. The quantitative estimate of drug-likeness (QED) is 0.406. The first kappa shape index (κ1) is 23.8. The molecule has 1 aliphatic heterocycles. The second-order valence-corrected chi connectivity index (χ2v) is 10.2. The third-order valence-electron chi connectivity index (χ3n) is 6.09. The predicted molar refractivity (Wildman–Crippen MR) is 137 cm³/mol. The van der Waals surface area contributed by atoms with E-state index in [2.05, 4.69) is 25.4 Å². The van der Waals surface area contributed by atoms with Gasteiger partial charge in [-0.2, -0.15) is 4.98 Å². The molecule has 0 aliphatic carbocycles. The number of benzene rings is 1. The molecule has 188 valence electrons. The first-order valence-corrected chi connectivity index (χ1v) is 12.2. The molecule has 4 heterocycles. The Labute approximate surface area is 209 Å². The zero-order chi connectivity index (χ0) is 25.4. The van der Waals surface area contributed by atoms with Crippen LogP contribution in [0, 0.1) is 13.8 Å². The Bertz CT molecular complexity index is 1400. The monoisotopic (exact) mass is 489 g/mol. The van der Waals surface area contributed by atoms with Gasteiger partial charge in [0.15, 0.2) is 5.82 Å². The van der Waals surface area contributed by atoms with Gasteiger partial charge in [-0.25, -0.2) is 14.8 Å². The van der Waals surface area contributed by atoms with E-state index in [-0.39, 0.29) is 12.1 Å². The van der Waals surface area contributed by atoms with Crippen LogP contribution in [0.25, 0.3) is 33.6 Å². The fourth-order valence-electron chi connectivity index (χ4n) is 4.42. The molecule has 10 heteroatoms. The minimum absolute atomic E-state index is 0.0465. The lowest BCUT2D eigenvalue weighted by Crippen LogP contribution is -2.47. The van der Waals surface area contributed by atoms with Crippen LogP contribution >= 0.6 is 0 Å². The van der Waals surface area contributed by atoms with Crippen molar-refractivity contribution >= 4 is 22.9 Å². The van der Waals surface area contributed by atoms with E-state index in [1.54, 1.807) is 11.8 Å². The second kappa shape index (κ2) is 9.25. The highest BCUT2D eigenvalue weighted by atomic mass is 16.6. The van der Waals surface area contributed by atoms with E-state index < -0.39 is 5.60 Å². The fourth-order valence-corrected chi connectivity index (χ4v) is 4.42. The van der Waals surface area contributed by atoms with Crippen molar-refractivity contribution in [3.05, 3.63) is 42.0 Å². The van der Waals surface area contributed by atoms with Crippen molar-refractivity contribution in [2.24, 2.45) is 0 Å². The molecule has 10 nitrogen and oxygen atoms in total. The van der Waals surface area contributed by atoms with Crippen LogP contribution < -0.4 is 5.32 Å². The molecular weight excluding hydrogens is 458 g/mol. The average molecular weight is 490 g/mol. The zero-order valence-electron chi connectivity index (χ0n) is 21.3. The first-order valence-electron chi connectivity index (χ1n) is 12.2. The number of hydrogen-bond acceptors (Lipinski definition) is 8. The molecule has 0 spiro atoms. The summed E-state index contributed by atoms with van der Waals surface area (Å²) in [5.74, 6) is 1.63. The highest BCUT2D eigenvalue weighted by Crippen LogP contribution is 2.32. The van der Waals surface area contributed by atoms with E-state index in [1.807, 2.05) is 58.3 Å². The summed E-state index contributed by atoms with van der Waals surface area (Å²) in [7, 11) is 0. The summed E-state index contributed by atoms with van der Waals surface area (Å²) in [6.07, 6.45) is 5.32. The highest BCUT2D eigenvalue weighted by molar-refractivity contribution is 5.97. The van der Waals surface area contributed by atoms with Gasteiger partial charge in [-0.05, 0) is 65.2 Å². The number of hydrogen-bond donors (Lipinski definition) is 2. The van der Waals surface area contributed by atoms with E-state index in [4.69, 9.17) is 14.2 Å². The van der Waals surface area contributed by atoms with E-state index >= 15 is 0 Å². The number of aromatic nitrogens is 5. The van der Waals surface area contributed by atoms with Gasteiger partial charge in [0, 0.05) is 53.6 Å². The maximum atomic E-state index is 12.5. The third kappa shape index (κ3) is 5.02. The topological polar surface area (TPSA) is 122 Å². The highest BCUT2D eigenvalue weighted by Gasteiger charge is 2.28. The number of carbonyl (C=O) groups excluding carboxylic acids is 1. The lowest BCUT2D eigenvalue weighted by atomic mass is 10.0. The molecule has 2 N–H and O–H groups in total. The SMILES string of the molecule is Cc1noc(-c2ccc3c(-c4nc(N[C@H]5CCCN(C(=O)OC(C)(C)C)C5)ncc4C)c[nH]c3c2)n1. The van der Waals surface area contributed by atoms with Crippen LogP contribution in [0.2, 0.25) is 0 Å². The molecule has 36 heavy (non-hydrogen) atoms. The number of aromatic amines is 1. The molecule has 1 aromatic carbocycles. The number of rotatable bonds is 4. The largest absolute Gasteiger partial charge is 0.444 e. The Balaban J connectivity index is 1.36. The van der Waals surface area contributed by atoms with Crippen molar-refractivity contribution in [2.45, 2.75) is 59.1 Å². The number of fused-ring (bicyclic) bond motifs is 1. The number of amides is 1. The number of anilines is 1. The van der Waals surface area contributed by atoms with Crippen molar-refractivity contribution in [3.8, 4) is 22.7 Å². The maximum absolute atomic E-state index is 12.5. The zero-order valence-corrected chi connectivity index (χ0v) is 21.3. The lowest BCUT2D eigenvalue weighted by molar-refractivity contribution is 0.0206. The van der Waals surface area contributed by atoms with E-state index in [9.17, 15) is 4.79 Å². The van der Waals surface area contributed by atoms with E-state index in [0.29, 0.717) is 30.8 Å². The smallest absolute Gasteiger partial charge is 0.410 e. The van der Waals surface area contributed by atoms with Gasteiger partial charge in [0.1, 0.15) is 5.60 Å². The number of H-pyrrole nitrogens is 1. The number of nitrogens with zero attached hydrogens (tertiary/aromatic N) is 5. The molecule has 3 aromatic heterocycles. The van der Waals surface area contributed by atoms with Crippen LogP contribution in [0.3, 0.4) is 0 Å². The second-order valence-electron chi connectivity index (χ2n) is 10.2. The van der Waals surface area contributed by atoms with E-state index in [0.717, 1.165) is 46.1 Å². The maximum Gasteiger partial charge on any atom is 0.410 e. The minimum atomic E-state index is -0.517.